The number of hydrogen-bond acceptors (Lipinski definition) is 3. The lowest BCUT2D eigenvalue weighted by Crippen LogP contribution is -2.30. The Bertz CT molecular complexity index is 713. The monoisotopic (exact) mass is 326 g/mol. The van der Waals surface area contributed by atoms with E-state index < -0.39 is 0 Å². The average Bonchev–Trinajstić information content (AvgIpc) is 2.63. The third-order valence-corrected chi connectivity index (χ3v) is 4.25. The summed E-state index contributed by atoms with van der Waals surface area (Å²) in [6.45, 7) is 0. The second-order valence-electron chi connectivity index (χ2n) is 5.84. The highest BCUT2D eigenvalue weighted by Crippen LogP contribution is 2.32. The summed E-state index contributed by atoms with van der Waals surface area (Å²) in [5.74, 6) is 1.69. The number of nitrogens with one attached hydrogen (secondary N) is 1. The normalized spacial score (nSPS) is 13.1. The highest BCUT2D eigenvalue weighted by Gasteiger charge is 2.14. The van der Waals surface area contributed by atoms with Gasteiger partial charge in [0.05, 0.1) is 7.11 Å². The van der Waals surface area contributed by atoms with Crippen LogP contribution in [0.3, 0.4) is 0 Å². The molecule has 126 valence electrons. The van der Waals surface area contributed by atoms with Crippen molar-refractivity contribution >= 4 is 11.7 Å². The number of ether oxygens (including phenoxy) is 1. The van der Waals surface area contributed by atoms with Crippen LogP contribution in [0.15, 0.2) is 42.5 Å². The van der Waals surface area contributed by atoms with Crippen molar-refractivity contribution in [3.05, 3.63) is 53.6 Å². The molecule has 24 heavy (non-hydrogen) atoms. The Morgan fingerprint density at radius 1 is 1.08 bits per heavy atom. The van der Waals surface area contributed by atoms with Gasteiger partial charge >= 0.3 is 6.03 Å². The summed E-state index contributed by atoms with van der Waals surface area (Å²) in [6.07, 6.45) is 4.67. The van der Waals surface area contributed by atoms with Crippen LogP contribution in [-0.2, 0) is 17.7 Å². The Hall–Kier alpha value is -2.53. The van der Waals surface area contributed by atoms with Crippen LogP contribution >= 0.6 is 0 Å². The number of hydrogen-bond donors (Lipinski definition) is 1. The molecule has 0 saturated heterocycles. The highest BCUT2D eigenvalue weighted by molar-refractivity contribution is 5.88. The molecule has 0 heterocycles. The molecule has 0 aromatic heterocycles. The van der Waals surface area contributed by atoms with Crippen LogP contribution in [0.5, 0.6) is 11.5 Å². The van der Waals surface area contributed by atoms with Crippen LogP contribution in [0, 0.1) is 0 Å². The van der Waals surface area contributed by atoms with Gasteiger partial charge in [-0.05, 0) is 67.1 Å². The zero-order valence-electron chi connectivity index (χ0n) is 14.0. The summed E-state index contributed by atoms with van der Waals surface area (Å²) < 4.78 is 6.06. The van der Waals surface area contributed by atoms with E-state index in [9.17, 15) is 4.79 Å². The summed E-state index contributed by atoms with van der Waals surface area (Å²) >= 11 is 0. The van der Waals surface area contributed by atoms with E-state index in [1.165, 1.54) is 31.1 Å². The quantitative estimate of drug-likeness (QED) is 0.848. The van der Waals surface area contributed by atoms with Crippen LogP contribution in [0.2, 0.25) is 0 Å². The van der Waals surface area contributed by atoms with Gasteiger partial charge in [0.15, 0.2) is 0 Å². The summed E-state index contributed by atoms with van der Waals surface area (Å²) in [5, 5.41) is 3.87. The maximum absolute atomic E-state index is 11.7. The lowest BCUT2D eigenvalue weighted by atomic mass is 9.91. The smallest absolute Gasteiger partial charge is 0.345 e. The van der Waals surface area contributed by atoms with E-state index in [0.29, 0.717) is 5.69 Å². The van der Waals surface area contributed by atoms with E-state index in [1.807, 2.05) is 30.3 Å². The van der Waals surface area contributed by atoms with Crippen molar-refractivity contribution in [3.8, 4) is 11.5 Å². The first kappa shape index (κ1) is 16.3. The Morgan fingerprint density at radius 3 is 2.58 bits per heavy atom. The van der Waals surface area contributed by atoms with Crippen molar-refractivity contribution in [2.75, 3.05) is 19.5 Å². The van der Waals surface area contributed by atoms with Crippen molar-refractivity contribution in [1.82, 2.24) is 5.06 Å². The fourth-order valence-corrected chi connectivity index (χ4v) is 2.86. The van der Waals surface area contributed by atoms with Gasteiger partial charge < -0.3 is 10.1 Å². The average molecular weight is 326 g/mol. The van der Waals surface area contributed by atoms with Crippen molar-refractivity contribution in [2.45, 2.75) is 25.7 Å². The Kier molecular flexibility index (Phi) is 5.01. The summed E-state index contributed by atoms with van der Waals surface area (Å²) in [7, 11) is 2.99. The summed E-state index contributed by atoms with van der Waals surface area (Å²) in [6, 6.07) is 13.3. The second kappa shape index (κ2) is 7.36. The van der Waals surface area contributed by atoms with Crippen molar-refractivity contribution in [2.24, 2.45) is 0 Å². The van der Waals surface area contributed by atoms with Gasteiger partial charge in [0, 0.05) is 12.7 Å². The van der Waals surface area contributed by atoms with E-state index in [0.717, 1.165) is 29.4 Å². The van der Waals surface area contributed by atoms with Crippen LogP contribution in [-0.4, -0.2) is 25.3 Å². The zero-order valence-corrected chi connectivity index (χ0v) is 14.0. The maximum Gasteiger partial charge on any atom is 0.345 e. The van der Waals surface area contributed by atoms with Crippen LogP contribution < -0.4 is 10.1 Å². The van der Waals surface area contributed by atoms with Crippen molar-refractivity contribution in [3.63, 3.8) is 0 Å². The van der Waals surface area contributed by atoms with E-state index >= 15 is 0 Å². The number of hydroxylamine groups is 2. The van der Waals surface area contributed by atoms with Gasteiger partial charge in [-0.1, -0.05) is 12.1 Å². The zero-order chi connectivity index (χ0) is 16.9. The fraction of sp³-hybridized carbons (Fsp3) is 0.316. The number of anilines is 1. The van der Waals surface area contributed by atoms with E-state index in [1.54, 1.807) is 7.05 Å². The molecule has 0 bridgehead atoms. The summed E-state index contributed by atoms with van der Waals surface area (Å²) in [4.78, 5) is 16.6. The number of rotatable bonds is 4. The molecule has 1 aliphatic rings. The molecule has 5 heteroatoms. The molecule has 0 fully saturated rings. The highest BCUT2D eigenvalue weighted by atomic mass is 16.7. The molecule has 2 aromatic carbocycles. The summed E-state index contributed by atoms with van der Waals surface area (Å²) in [5.41, 5.74) is 3.40. The van der Waals surface area contributed by atoms with E-state index in [-0.39, 0.29) is 6.03 Å². The van der Waals surface area contributed by atoms with E-state index in [2.05, 4.69) is 17.4 Å². The largest absolute Gasteiger partial charge is 0.457 e. The molecule has 0 spiro atoms. The minimum Gasteiger partial charge on any atom is -0.457 e. The minimum absolute atomic E-state index is 0.330. The fourth-order valence-electron chi connectivity index (χ4n) is 2.86. The molecule has 2 aromatic rings. The number of nitrogens with zero attached hydrogens (tertiary/aromatic N) is 1. The first-order valence-corrected chi connectivity index (χ1v) is 8.15. The van der Waals surface area contributed by atoms with Gasteiger partial charge in [-0.15, -0.1) is 0 Å². The first-order chi connectivity index (χ1) is 11.7. The van der Waals surface area contributed by atoms with Gasteiger partial charge in [0.25, 0.3) is 0 Å². The third kappa shape index (κ3) is 3.68. The number of carbonyl (C=O) groups is 1. The van der Waals surface area contributed by atoms with Gasteiger partial charge in [-0.2, -0.15) is 0 Å². The molecule has 3 rings (SSSR count). The molecule has 1 N–H and O–H groups in total. The topological polar surface area (TPSA) is 50.8 Å². The minimum atomic E-state index is -0.330. The molecular weight excluding hydrogens is 304 g/mol. The van der Waals surface area contributed by atoms with Crippen molar-refractivity contribution < 1.29 is 14.4 Å². The first-order valence-electron chi connectivity index (χ1n) is 8.15. The van der Waals surface area contributed by atoms with Crippen LogP contribution in [0.4, 0.5) is 10.5 Å². The predicted molar refractivity (Wildman–Crippen MR) is 93.4 cm³/mol. The molecule has 0 atom stereocenters. The van der Waals surface area contributed by atoms with Crippen molar-refractivity contribution in [1.29, 1.82) is 0 Å². The third-order valence-electron chi connectivity index (χ3n) is 4.25. The number of fused-ring (bicyclic) bond motifs is 1. The molecule has 2 amide bonds. The Balaban J connectivity index is 1.70. The van der Waals surface area contributed by atoms with Gasteiger partial charge in [0.1, 0.15) is 11.5 Å². The maximum atomic E-state index is 11.7. The number of aryl methyl sites for hydroxylation is 1. The molecule has 0 aliphatic heterocycles. The SMILES string of the molecule is CON(C)C(=O)Nc1ccc(Oc2cccc3c2CCCC3)cc1. The molecular formula is C19H22N2O3. The lowest BCUT2D eigenvalue weighted by Gasteiger charge is -2.19. The molecule has 5 nitrogen and oxygen atoms in total. The van der Waals surface area contributed by atoms with Gasteiger partial charge in [-0.25, -0.2) is 9.86 Å². The lowest BCUT2D eigenvalue weighted by molar-refractivity contribution is -0.0598. The predicted octanol–water partition coefficient (Wildman–Crippen LogP) is 4.38. The number of urea groups is 1. The molecule has 0 unspecified atom stereocenters. The number of amides is 2. The van der Waals surface area contributed by atoms with Crippen LogP contribution in [0.1, 0.15) is 24.0 Å². The van der Waals surface area contributed by atoms with E-state index in [4.69, 9.17) is 9.57 Å². The standard InChI is InChI=1S/C19H22N2O3/c1-21(23-2)19(22)20-15-10-12-16(13-11-15)24-18-9-5-7-14-6-3-4-8-17(14)18/h5,7,9-13H,3-4,6,8H2,1-2H3,(H,20,22). The molecule has 0 saturated carbocycles. The number of carbonyl (C=O) groups excluding carboxylic acids is 1. The molecule has 1 aliphatic carbocycles. The molecule has 0 radical (unpaired) electrons. The van der Waals surface area contributed by atoms with Gasteiger partial charge in [-0.3, -0.25) is 4.84 Å². The second-order valence-corrected chi connectivity index (χ2v) is 5.84. The number of benzene rings is 2. The van der Waals surface area contributed by atoms with Crippen LogP contribution in [0.25, 0.3) is 0 Å². The van der Waals surface area contributed by atoms with Gasteiger partial charge in [0.2, 0.25) is 0 Å². The Labute approximate surface area is 142 Å². The Morgan fingerprint density at radius 2 is 1.83 bits per heavy atom.